The highest BCUT2D eigenvalue weighted by molar-refractivity contribution is 6.49. The van der Waals surface area contributed by atoms with Crippen LogP contribution < -0.4 is 4.74 Å². The summed E-state index contributed by atoms with van der Waals surface area (Å²) in [6, 6.07) is 3.84. The average Bonchev–Trinajstić information content (AvgIpc) is 3.07. The maximum atomic E-state index is 13.2. The Balaban J connectivity index is 2.04. The van der Waals surface area contributed by atoms with E-state index in [0.717, 1.165) is 0 Å². The molecule has 0 saturated carbocycles. The van der Waals surface area contributed by atoms with Gasteiger partial charge in [0.25, 0.3) is 0 Å². The predicted octanol–water partition coefficient (Wildman–Crippen LogP) is 7.28. The Morgan fingerprint density at radius 1 is 0.853 bits per heavy atom. The van der Waals surface area contributed by atoms with Crippen LogP contribution in [0.25, 0.3) is 0 Å². The SMILES string of the molecule is O=C(O)c1c(Cl)c(Cl)c2c(c1Cl)C(=O)OC21c2ccc(O)cc2Oc2c(Cl)c(O)c(Cl)c(Cl)c21. The van der Waals surface area contributed by atoms with Gasteiger partial charge in [0, 0.05) is 17.2 Å². The maximum Gasteiger partial charge on any atom is 0.341 e. The van der Waals surface area contributed by atoms with E-state index < -0.39 is 38.9 Å². The fraction of sp³-hybridized carbons (Fsp3) is 0.0476. The van der Waals surface area contributed by atoms with E-state index in [1.807, 2.05) is 0 Å². The van der Waals surface area contributed by atoms with E-state index in [1.54, 1.807) is 0 Å². The van der Waals surface area contributed by atoms with E-state index in [1.165, 1.54) is 18.2 Å². The number of aromatic hydroxyl groups is 2. The third-order valence-electron chi connectivity index (χ3n) is 5.50. The van der Waals surface area contributed by atoms with Crippen LogP contribution in [0.4, 0.5) is 0 Å². The summed E-state index contributed by atoms with van der Waals surface area (Å²) in [4.78, 5) is 25.0. The van der Waals surface area contributed by atoms with Crippen LogP contribution in [0.5, 0.6) is 23.0 Å². The molecule has 5 rings (SSSR count). The molecule has 2 heterocycles. The maximum absolute atomic E-state index is 13.2. The second-order valence-electron chi connectivity index (χ2n) is 7.22. The largest absolute Gasteiger partial charge is 0.508 e. The first-order valence-corrected chi connectivity index (χ1v) is 11.3. The molecule has 0 amide bonds. The van der Waals surface area contributed by atoms with Gasteiger partial charge in [-0.1, -0.05) is 69.6 Å². The van der Waals surface area contributed by atoms with Gasteiger partial charge < -0.3 is 24.8 Å². The fourth-order valence-corrected chi connectivity index (χ4v) is 5.91. The van der Waals surface area contributed by atoms with E-state index in [4.69, 9.17) is 79.1 Å². The van der Waals surface area contributed by atoms with Crippen molar-refractivity contribution in [3.63, 3.8) is 0 Å². The van der Waals surface area contributed by atoms with Gasteiger partial charge in [0.1, 0.15) is 21.5 Å². The van der Waals surface area contributed by atoms with Crippen molar-refractivity contribution >= 4 is 81.5 Å². The highest BCUT2D eigenvalue weighted by Crippen LogP contribution is 2.64. The summed E-state index contributed by atoms with van der Waals surface area (Å²) in [5.41, 5.74) is -3.17. The highest BCUT2D eigenvalue weighted by atomic mass is 35.5. The number of carboxylic acids is 1. The summed E-state index contributed by atoms with van der Waals surface area (Å²) in [5.74, 6) is -3.70. The number of halogens is 6. The van der Waals surface area contributed by atoms with Crippen LogP contribution in [0.2, 0.25) is 30.1 Å². The lowest BCUT2D eigenvalue weighted by Crippen LogP contribution is -2.34. The van der Waals surface area contributed by atoms with Gasteiger partial charge in [-0.2, -0.15) is 0 Å². The first-order chi connectivity index (χ1) is 15.9. The molecule has 1 unspecified atom stereocenters. The van der Waals surface area contributed by atoms with Crippen molar-refractivity contribution in [1.29, 1.82) is 0 Å². The van der Waals surface area contributed by atoms with Gasteiger partial charge in [-0.05, 0) is 12.1 Å². The number of benzene rings is 3. The van der Waals surface area contributed by atoms with E-state index in [-0.39, 0.29) is 59.6 Å². The molecule has 0 saturated heterocycles. The number of hydrogen-bond donors (Lipinski definition) is 3. The first-order valence-electron chi connectivity index (χ1n) is 9.02. The van der Waals surface area contributed by atoms with E-state index >= 15 is 0 Å². The van der Waals surface area contributed by atoms with Gasteiger partial charge in [0.15, 0.2) is 17.1 Å². The van der Waals surface area contributed by atoms with Crippen LogP contribution in [0, 0.1) is 0 Å². The minimum atomic E-state index is -2.04. The van der Waals surface area contributed by atoms with Crippen molar-refractivity contribution in [2.75, 3.05) is 0 Å². The van der Waals surface area contributed by atoms with Crippen molar-refractivity contribution in [2.45, 2.75) is 5.60 Å². The van der Waals surface area contributed by atoms with Crippen molar-refractivity contribution in [1.82, 2.24) is 0 Å². The van der Waals surface area contributed by atoms with Crippen LogP contribution in [-0.4, -0.2) is 27.3 Å². The summed E-state index contributed by atoms with van der Waals surface area (Å²) >= 11 is 38.1. The summed E-state index contributed by atoms with van der Waals surface area (Å²) in [7, 11) is 0. The molecule has 0 fully saturated rings. The van der Waals surface area contributed by atoms with Crippen LogP contribution in [0.3, 0.4) is 0 Å². The van der Waals surface area contributed by atoms with Gasteiger partial charge >= 0.3 is 11.9 Å². The molecule has 2 aliphatic heterocycles. The molecule has 1 spiro atoms. The number of phenols is 2. The molecular formula is C21H6Cl6O7. The second-order valence-corrected chi connectivity index (χ2v) is 9.49. The molecule has 2 aliphatic rings. The van der Waals surface area contributed by atoms with Gasteiger partial charge in [0.05, 0.1) is 36.8 Å². The Hall–Kier alpha value is -2.26. The molecule has 0 radical (unpaired) electrons. The third-order valence-corrected chi connectivity index (χ3v) is 7.92. The Morgan fingerprint density at radius 3 is 2.15 bits per heavy atom. The molecule has 0 aromatic heterocycles. The van der Waals surface area contributed by atoms with Gasteiger partial charge in [-0.25, -0.2) is 9.59 Å². The summed E-state index contributed by atoms with van der Waals surface area (Å²) in [5, 5.41) is 27.5. The molecule has 13 heteroatoms. The quantitative estimate of drug-likeness (QED) is 0.204. The van der Waals surface area contributed by atoms with Crippen molar-refractivity contribution in [2.24, 2.45) is 0 Å². The van der Waals surface area contributed by atoms with E-state index in [2.05, 4.69) is 0 Å². The van der Waals surface area contributed by atoms with Gasteiger partial charge in [-0.15, -0.1) is 0 Å². The highest BCUT2D eigenvalue weighted by Gasteiger charge is 2.58. The van der Waals surface area contributed by atoms with E-state index in [0.29, 0.717) is 0 Å². The van der Waals surface area contributed by atoms with Gasteiger partial charge in [-0.3, -0.25) is 0 Å². The van der Waals surface area contributed by atoms with Crippen LogP contribution in [0.15, 0.2) is 18.2 Å². The number of phenolic OH excluding ortho intramolecular Hbond substituents is 2. The lowest BCUT2D eigenvalue weighted by molar-refractivity contribution is 0.0225. The standard InChI is InChI=1S/C21H6Cl6O7/c22-11-7-9(13(24)12(23)8(11)19(30)31)21(34-20(7)32)5-2-1-4(28)3-6(5)33-18-10(21)14(25)15(26)17(29)16(18)27/h1-3,28-29H,(H,30,31). The van der Waals surface area contributed by atoms with Crippen molar-refractivity contribution < 1.29 is 34.4 Å². The number of esters is 1. The normalized spacial score (nSPS) is 17.6. The molecule has 3 aromatic rings. The zero-order valence-electron chi connectivity index (χ0n) is 16.0. The molecule has 7 nitrogen and oxygen atoms in total. The smallest absolute Gasteiger partial charge is 0.341 e. The number of aromatic carboxylic acids is 1. The minimum Gasteiger partial charge on any atom is -0.508 e. The minimum absolute atomic E-state index is 0.0431. The lowest BCUT2D eigenvalue weighted by Gasteiger charge is -2.38. The number of carbonyl (C=O) groups excluding carboxylic acids is 1. The van der Waals surface area contributed by atoms with E-state index in [9.17, 15) is 24.9 Å². The average molecular weight is 583 g/mol. The summed E-state index contributed by atoms with van der Waals surface area (Å²) < 4.78 is 11.6. The van der Waals surface area contributed by atoms with Crippen molar-refractivity contribution in [3.8, 4) is 23.0 Å². The topological polar surface area (TPSA) is 113 Å². The zero-order chi connectivity index (χ0) is 24.9. The molecule has 3 aromatic carbocycles. The Bertz CT molecular complexity index is 1500. The van der Waals surface area contributed by atoms with Crippen molar-refractivity contribution in [3.05, 3.63) is 76.2 Å². The van der Waals surface area contributed by atoms with Crippen LogP contribution in [0.1, 0.15) is 37.4 Å². The number of hydrogen-bond acceptors (Lipinski definition) is 6. The Labute approximate surface area is 219 Å². The zero-order valence-corrected chi connectivity index (χ0v) is 20.5. The number of fused-ring (bicyclic) bond motifs is 6. The lowest BCUT2D eigenvalue weighted by atomic mass is 9.77. The Morgan fingerprint density at radius 2 is 1.50 bits per heavy atom. The molecule has 1 atom stereocenters. The number of carbonyl (C=O) groups is 2. The molecule has 3 N–H and O–H groups in total. The number of rotatable bonds is 1. The predicted molar refractivity (Wildman–Crippen MR) is 125 cm³/mol. The first kappa shape index (κ1) is 23.5. The number of ether oxygens (including phenoxy) is 2. The van der Waals surface area contributed by atoms with Gasteiger partial charge in [0.2, 0.25) is 0 Å². The summed E-state index contributed by atoms with van der Waals surface area (Å²) in [6.45, 7) is 0. The molecular weight excluding hydrogens is 577 g/mol. The van der Waals surface area contributed by atoms with Crippen LogP contribution >= 0.6 is 69.6 Å². The monoisotopic (exact) mass is 580 g/mol. The molecule has 0 aliphatic carbocycles. The third kappa shape index (κ3) is 2.80. The second kappa shape index (κ2) is 7.62. The molecule has 34 heavy (non-hydrogen) atoms. The Kier molecular flexibility index (Phi) is 5.26. The summed E-state index contributed by atoms with van der Waals surface area (Å²) in [6.07, 6.45) is 0. The number of carboxylic acid groups (broad SMARTS) is 1. The van der Waals surface area contributed by atoms with Crippen LogP contribution in [-0.2, 0) is 10.3 Å². The molecule has 0 bridgehead atoms. The fourth-order valence-electron chi connectivity index (χ4n) is 4.15. The molecule has 174 valence electrons.